The number of para-hydroxylation sites is 1. The van der Waals surface area contributed by atoms with Crippen LogP contribution in [-0.2, 0) is 4.79 Å². The molecule has 24 heavy (non-hydrogen) atoms. The highest BCUT2D eigenvalue weighted by molar-refractivity contribution is 5.92. The number of nitrogens with zero attached hydrogens (tertiary/aromatic N) is 2. The maximum atomic E-state index is 12.1. The second-order valence-electron chi connectivity index (χ2n) is 5.36. The lowest BCUT2D eigenvalue weighted by Gasteiger charge is -2.08. The Bertz CT molecular complexity index is 797. The fourth-order valence-electron chi connectivity index (χ4n) is 2.41. The van der Waals surface area contributed by atoms with Crippen molar-refractivity contribution in [3.05, 3.63) is 66.7 Å². The van der Waals surface area contributed by atoms with Gasteiger partial charge in [-0.25, -0.2) is 4.68 Å². The number of likely N-dealkylation sites (N-methyl/N-ethyl adjacent to an activating group) is 1. The first-order valence-corrected chi connectivity index (χ1v) is 7.99. The fourth-order valence-corrected chi connectivity index (χ4v) is 2.41. The summed E-state index contributed by atoms with van der Waals surface area (Å²) in [4.78, 5) is 12.1. The Kier molecular flexibility index (Phi) is 5.03. The molecule has 0 aliphatic heterocycles. The quantitative estimate of drug-likeness (QED) is 0.734. The Hall–Kier alpha value is -2.92. The van der Waals surface area contributed by atoms with Crippen molar-refractivity contribution in [2.24, 2.45) is 0 Å². The Morgan fingerprint density at radius 2 is 1.71 bits per heavy atom. The Morgan fingerprint density at radius 3 is 2.38 bits per heavy atom. The van der Waals surface area contributed by atoms with Gasteiger partial charge in [0.05, 0.1) is 17.9 Å². The van der Waals surface area contributed by atoms with E-state index in [4.69, 9.17) is 0 Å². The molecule has 0 aliphatic carbocycles. The lowest BCUT2D eigenvalue weighted by atomic mass is 10.2. The summed E-state index contributed by atoms with van der Waals surface area (Å²) in [5.41, 5.74) is 2.73. The van der Waals surface area contributed by atoms with Crippen LogP contribution in [0.3, 0.4) is 0 Å². The molecule has 3 aromatic rings. The van der Waals surface area contributed by atoms with E-state index in [1.165, 1.54) is 0 Å². The van der Waals surface area contributed by atoms with Crippen LogP contribution in [0.5, 0.6) is 0 Å². The molecule has 1 heterocycles. The lowest BCUT2D eigenvalue weighted by molar-refractivity contribution is -0.115. The second-order valence-corrected chi connectivity index (χ2v) is 5.36. The van der Waals surface area contributed by atoms with E-state index in [0.29, 0.717) is 5.82 Å². The SMILES string of the molecule is CCNCC(=O)Nc1cc(-c2ccccc2)nn1-c1ccccc1. The smallest absolute Gasteiger partial charge is 0.239 e. The number of nitrogens with one attached hydrogen (secondary N) is 2. The number of hydrogen-bond acceptors (Lipinski definition) is 3. The molecule has 122 valence electrons. The van der Waals surface area contributed by atoms with Crippen molar-refractivity contribution < 1.29 is 4.79 Å². The number of anilines is 1. The molecule has 0 aliphatic rings. The molecule has 0 atom stereocenters. The number of carbonyl (C=O) groups excluding carboxylic acids is 1. The van der Waals surface area contributed by atoms with Crippen LogP contribution in [0.25, 0.3) is 16.9 Å². The topological polar surface area (TPSA) is 59.0 Å². The molecule has 3 rings (SSSR count). The third kappa shape index (κ3) is 3.70. The molecule has 5 nitrogen and oxygen atoms in total. The van der Waals surface area contributed by atoms with Crippen LogP contribution in [-0.4, -0.2) is 28.8 Å². The van der Waals surface area contributed by atoms with Crippen molar-refractivity contribution in [1.82, 2.24) is 15.1 Å². The van der Waals surface area contributed by atoms with Crippen molar-refractivity contribution in [3.8, 4) is 16.9 Å². The molecule has 0 fully saturated rings. The van der Waals surface area contributed by atoms with Gasteiger partial charge in [-0.2, -0.15) is 5.10 Å². The molecular formula is C19H20N4O. The van der Waals surface area contributed by atoms with Gasteiger partial charge < -0.3 is 10.6 Å². The summed E-state index contributed by atoms with van der Waals surface area (Å²) in [6.07, 6.45) is 0. The molecule has 1 aromatic heterocycles. The molecular weight excluding hydrogens is 300 g/mol. The van der Waals surface area contributed by atoms with E-state index in [1.54, 1.807) is 4.68 Å². The molecule has 0 bridgehead atoms. The van der Waals surface area contributed by atoms with Gasteiger partial charge in [0.2, 0.25) is 5.91 Å². The largest absolute Gasteiger partial charge is 0.309 e. The molecule has 0 radical (unpaired) electrons. The highest BCUT2D eigenvalue weighted by atomic mass is 16.2. The van der Waals surface area contributed by atoms with Gasteiger partial charge in [-0.15, -0.1) is 0 Å². The maximum Gasteiger partial charge on any atom is 0.239 e. The van der Waals surface area contributed by atoms with Gasteiger partial charge in [0.1, 0.15) is 5.82 Å². The zero-order valence-electron chi connectivity index (χ0n) is 13.6. The number of carbonyl (C=O) groups is 1. The first-order chi connectivity index (χ1) is 11.8. The van der Waals surface area contributed by atoms with Crippen molar-refractivity contribution in [2.75, 3.05) is 18.4 Å². The molecule has 5 heteroatoms. The molecule has 0 spiro atoms. The summed E-state index contributed by atoms with van der Waals surface area (Å²) in [6, 6.07) is 21.6. The van der Waals surface area contributed by atoms with Crippen LogP contribution >= 0.6 is 0 Å². The van der Waals surface area contributed by atoms with Crippen molar-refractivity contribution in [3.63, 3.8) is 0 Å². The van der Waals surface area contributed by atoms with Crippen LogP contribution in [0.15, 0.2) is 66.7 Å². The third-order valence-electron chi connectivity index (χ3n) is 3.58. The van der Waals surface area contributed by atoms with Crippen LogP contribution in [0.2, 0.25) is 0 Å². The number of amides is 1. The monoisotopic (exact) mass is 320 g/mol. The standard InChI is InChI=1S/C19H20N4O/c1-2-20-14-19(24)21-18-13-17(15-9-5-3-6-10-15)22-23(18)16-11-7-4-8-12-16/h3-13,20H,2,14H2,1H3,(H,21,24). The van der Waals surface area contributed by atoms with E-state index < -0.39 is 0 Å². The van der Waals surface area contributed by atoms with Crippen LogP contribution in [0.4, 0.5) is 5.82 Å². The zero-order chi connectivity index (χ0) is 16.8. The molecule has 0 unspecified atom stereocenters. The van der Waals surface area contributed by atoms with E-state index >= 15 is 0 Å². The van der Waals surface area contributed by atoms with Crippen molar-refractivity contribution in [1.29, 1.82) is 0 Å². The van der Waals surface area contributed by atoms with Gasteiger partial charge in [0.15, 0.2) is 0 Å². The van der Waals surface area contributed by atoms with Gasteiger partial charge in [-0.3, -0.25) is 4.79 Å². The Labute approximate surface area is 141 Å². The third-order valence-corrected chi connectivity index (χ3v) is 3.58. The minimum atomic E-state index is -0.0893. The average Bonchev–Trinajstić information content (AvgIpc) is 3.05. The number of aromatic nitrogens is 2. The number of rotatable bonds is 6. The van der Waals surface area contributed by atoms with E-state index in [-0.39, 0.29) is 12.5 Å². The van der Waals surface area contributed by atoms with Crippen molar-refractivity contribution in [2.45, 2.75) is 6.92 Å². The molecule has 1 amide bonds. The number of benzene rings is 2. The zero-order valence-corrected chi connectivity index (χ0v) is 13.6. The molecule has 2 aromatic carbocycles. The number of hydrogen-bond donors (Lipinski definition) is 2. The van der Waals surface area contributed by atoms with Crippen LogP contribution in [0, 0.1) is 0 Å². The summed E-state index contributed by atoms with van der Waals surface area (Å²) in [5.74, 6) is 0.566. The van der Waals surface area contributed by atoms with Gasteiger partial charge in [-0.1, -0.05) is 55.5 Å². The van der Waals surface area contributed by atoms with E-state index in [1.807, 2.05) is 73.7 Å². The lowest BCUT2D eigenvalue weighted by Crippen LogP contribution is -2.28. The average molecular weight is 320 g/mol. The van der Waals surface area contributed by atoms with Crippen LogP contribution < -0.4 is 10.6 Å². The van der Waals surface area contributed by atoms with Crippen molar-refractivity contribution >= 4 is 11.7 Å². The Morgan fingerprint density at radius 1 is 1.04 bits per heavy atom. The predicted octanol–water partition coefficient (Wildman–Crippen LogP) is 3.09. The van der Waals surface area contributed by atoms with Gasteiger partial charge in [0, 0.05) is 11.6 Å². The molecule has 0 saturated heterocycles. The van der Waals surface area contributed by atoms with Gasteiger partial charge in [0.25, 0.3) is 0 Å². The maximum absolute atomic E-state index is 12.1. The predicted molar refractivity (Wildman–Crippen MR) is 96.2 cm³/mol. The minimum absolute atomic E-state index is 0.0893. The van der Waals surface area contributed by atoms with E-state index in [9.17, 15) is 4.79 Å². The molecule has 0 saturated carbocycles. The first-order valence-electron chi connectivity index (χ1n) is 7.99. The van der Waals surface area contributed by atoms with Crippen LogP contribution in [0.1, 0.15) is 6.92 Å². The first kappa shape index (κ1) is 16.0. The van der Waals surface area contributed by atoms with E-state index in [2.05, 4.69) is 15.7 Å². The summed E-state index contributed by atoms with van der Waals surface area (Å²) in [6.45, 7) is 2.99. The highest BCUT2D eigenvalue weighted by Crippen LogP contribution is 2.24. The minimum Gasteiger partial charge on any atom is -0.309 e. The van der Waals surface area contributed by atoms with Gasteiger partial charge in [-0.05, 0) is 18.7 Å². The molecule has 2 N–H and O–H groups in total. The summed E-state index contributed by atoms with van der Waals surface area (Å²) in [5, 5.41) is 10.6. The van der Waals surface area contributed by atoms with Gasteiger partial charge >= 0.3 is 0 Å². The normalized spacial score (nSPS) is 10.5. The fraction of sp³-hybridized carbons (Fsp3) is 0.158. The van der Waals surface area contributed by atoms with E-state index in [0.717, 1.165) is 23.5 Å². The highest BCUT2D eigenvalue weighted by Gasteiger charge is 2.13. The summed E-state index contributed by atoms with van der Waals surface area (Å²) < 4.78 is 1.76. The second kappa shape index (κ2) is 7.57. The summed E-state index contributed by atoms with van der Waals surface area (Å²) in [7, 11) is 0. The summed E-state index contributed by atoms with van der Waals surface area (Å²) >= 11 is 0. The Balaban J connectivity index is 1.96.